The van der Waals surface area contributed by atoms with Crippen LogP contribution in [-0.4, -0.2) is 31.1 Å². The van der Waals surface area contributed by atoms with Crippen LogP contribution in [0, 0.1) is 6.92 Å². The summed E-state index contributed by atoms with van der Waals surface area (Å²) in [5, 5.41) is 12.2. The predicted molar refractivity (Wildman–Crippen MR) is 113 cm³/mol. The number of aryl methyl sites for hydroxylation is 1. The van der Waals surface area contributed by atoms with Gasteiger partial charge in [0.15, 0.2) is 0 Å². The van der Waals surface area contributed by atoms with E-state index < -0.39 is 18.0 Å². The Balaban J connectivity index is 1.75. The molecule has 0 spiro atoms. The maximum atomic E-state index is 13.8. The zero-order chi connectivity index (χ0) is 24.0. The first-order chi connectivity index (χ1) is 15.4. The fourth-order valence-electron chi connectivity index (χ4n) is 3.16. The van der Waals surface area contributed by atoms with Crippen molar-refractivity contribution in [2.75, 3.05) is 0 Å². The Bertz CT molecular complexity index is 1310. The molecule has 0 atom stereocenters. The second-order valence-corrected chi connectivity index (χ2v) is 8.14. The average molecular weight is 528 g/mol. The first kappa shape index (κ1) is 22.9. The van der Waals surface area contributed by atoms with Crippen LogP contribution in [0.4, 0.5) is 22.0 Å². The second-order valence-electron chi connectivity index (χ2n) is 7.23. The molecule has 0 saturated carbocycles. The zero-order valence-electron chi connectivity index (χ0n) is 17.1. The number of halogens is 6. The van der Waals surface area contributed by atoms with Gasteiger partial charge in [-0.2, -0.15) is 13.9 Å². The lowest BCUT2D eigenvalue weighted by atomic mass is 10.1. The first-order valence-electron chi connectivity index (χ1n) is 9.44. The van der Waals surface area contributed by atoms with Gasteiger partial charge in [0, 0.05) is 22.7 Å². The van der Waals surface area contributed by atoms with Gasteiger partial charge in [0.2, 0.25) is 0 Å². The van der Waals surface area contributed by atoms with E-state index in [1.54, 1.807) is 31.2 Å². The quantitative estimate of drug-likeness (QED) is 0.290. The van der Waals surface area contributed by atoms with Gasteiger partial charge >= 0.3 is 6.36 Å². The van der Waals surface area contributed by atoms with E-state index in [0.717, 1.165) is 6.92 Å². The van der Waals surface area contributed by atoms with Gasteiger partial charge in [-0.25, -0.2) is 9.36 Å². The highest BCUT2D eigenvalue weighted by Crippen LogP contribution is 2.31. The lowest BCUT2D eigenvalue weighted by Gasteiger charge is -2.12. The lowest BCUT2D eigenvalue weighted by Crippen LogP contribution is -2.17. The third-order valence-corrected chi connectivity index (χ3v) is 5.10. The summed E-state index contributed by atoms with van der Waals surface area (Å²) in [6.45, 7) is 2.41. The number of hydrogen-bond donors (Lipinski definition) is 0. The highest BCUT2D eigenvalue weighted by Gasteiger charge is 2.31. The summed E-state index contributed by atoms with van der Waals surface area (Å²) in [5.41, 5.74) is 1.65. The molecule has 6 nitrogen and oxygen atoms in total. The molecule has 0 aliphatic heterocycles. The van der Waals surface area contributed by atoms with E-state index in [0.29, 0.717) is 27.1 Å². The molecule has 4 rings (SSSR count). The molecule has 12 heteroatoms. The van der Waals surface area contributed by atoms with E-state index in [1.807, 2.05) is 0 Å². The van der Waals surface area contributed by atoms with E-state index in [9.17, 15) is 22.0 Å². The number of nitrogens with zero attached hydrogens (tertiary/aromatic N) is 5. The fraction of sp³-hybridized carbons (Fsp3) is 0.190. The summed E-state index contributed by atoms with van der Waals surface area (Å²) < 4.78 is 72.6. The average Bonchev–Trinajstić information content (AvgIpc) is 3.34. The van der Waals surface area contributed by atoms with Crippen LogP contribution in [0.15, 0.2) is 59.2 Å². The van der Waals surface area contributed by atoms with Crippen molar-refractivity contribution in [3.8, 4) is 28.4 Å². The monoisotopic (exact) mass is 527 g/mol. The van der Waals surface area contributed by atoms with Gasteiger partial charge in [0.25, 0.3) is 5.92 Å². The molecule has 172 valence electrons. The van der Waals surface area contributed by atoms with E-state index >= 15 is 0 Å². The van der Waals surface area contributed by atoms with E-state index in [1.165, 1.54) is 39.8 Å². The van der Waals surface area contributed by atoms with Gasteiger partial charge in [0.05, 0.1) is 17.6 Å². The predicted octanol–water partition coefficient (Wildman–Crippen LogP) is 6.20. The number of ether oxygens (including phenoxy) is 1. The highest BCUT2D eigenvalue weighted by molar-refractivity contribution is 9.10. The van der Waals surface area contributed by atoms with Crippen molar-refractivity contribution < 1.29 is 26.7 Å². The number of alkyl halides is 5. The van der Waals surface area contributed by atoms with Gasteiger partial charge in [-0.05, 0) is 43.3 Å². The SMILES string of the molecule is Cc1cc(C(C)(F)F)nn1-c1ccc(Br)cc1-n1cc(-c2cccc(OC(F)(F)F)c2)nn1. The molecule has 4 aromatic rings. The lowest BCUT2D eigenvalue weighted by molar-refractivity contribution is -0.274. The van der Waals surface area contributed by atoms with Crippen molar-refractivity contribution in [3.63, 3.8) is 0 Å². The number of aromatic nitrogens is 5. The molecular formula is C21H15BrF5N5O. The molecule has 0 bridgehead atoms. The highest BCUT2D eigenvalue weighted by atomic mass is 79.9. The van der Waals surface area contributed by atoms with Crippen LogP contribution in [-0.2, 0) is 5.92 Å². The fourth-order valence-corrected chi connectivity index (χ4v) is 3.51. The molecule has 2 heterocycles. The molecule has 0 aliphatic rings. The molecule has 2 aromatic carbocycles. The summed E-state index contributed by atoms with van der Waals surface area (Å²) in [7, 11) is 0. The first-order valence-corrected chi connectivity index (χ1v) is 10.2. The molecule has 0 saturated heterocycles. The van der Waals surface area contributed by atoms with Crippen molar-refractivity contribution in [1.82, 2.24) is 24.8 Å². The van der Waals surface area contributed by atoms with Crippen molar-refractivity contribution in [3.05, 3.63) is 70.6 Å². The molecule has 0 fully saturated rings. The summed E-state index contributed by atoms with van der Waals surface area (Å²) in [5.74, 6) is -3.51. The van der Waals surface area contributed by atoms with Crippen LogP contribution in [0.2, 0.25) is 0 Å². The Morgan fingerprint density at radius 1 is 0.970 bits per heavy atom. The van der Waals surface area contributed by atoms with Gasteiger partial charge in [-0.1, -0.05) is 33.3 Å². The van der Waals surface area contributed by atoms with Crippen molar-refractivity contribution >= 4 is 15.9 Å². The van der Waals surface area contributed by atoms with Crippen molar-refractivity contribution in [2.24, 2.45) is 0 Å². The third-order valence-electron chi connectivity index (χ3n) is 4.61. The Labute approximate surface area is 192 Å². The standard InChI is InChI=1S/C21H15BrF5N5O/c1-12-8-19(20(2,23)24)29-32(12)17-7-6-14(22)10-18(17)31-11-16(28-30-31)13-4-3-5-15(9-13)33-21(25,26)27/h3-11H,1-2H3. The smallest absolute Gasteiger partial charge is 0.406 e. The number of rotatable bonds is 5. The van der Waals surface area contributed by atoms with Crippen LogP contribution in [0.5, 0.6) is 5.75 Å². The summed E-state index contributed by atoms with van der Waals surface area (Å²) in [6, 6.07) is 11.7. The minimum Gasteiger partial charge on any atom is -0.406 e. The zero-order valence-corrected chi connectivity index (χ0v) is 18.7. The number of benzene rings is 2. The van der Waals surface area contributed by atoms with Crippen LogP contribution in [0.1, 0.15) is 18.3 Å². The third kappa shape index (κ3) is 5.05. The molecule has 2 aromatic heterocycles. The molecule has 0 N–H and O–H groups in total. The Kier molecular flexibility index (Phi) is 5.72. The normalized spacial score (nSPS) is 12.2. The van der Waals surface area contributed by atoms with E-state index in [-0.39, 0.29) is 11.4 Å². The van der Waals surface area contributed by atoms with Gasteiger partial charge in [-0.3, -0.25) is 0 Å². The Hall–Kier alpha value is -3.28. The van der Waals surface area contributed by atoms with Gasteiger partial charge < -0.3 is 4.74 Å². The molecular weight excluding hydrogens is 513 g/mol. The van der Waals surface area contributed by atoms with Crippen LogP contribution in [0.25, 0.3) is 22.6 Å². The number of hydrogen-bond acceptors (Lipinski definition) is 4. The summed E-state index contributed by atoms with van der Waals surface area (Å²) in [4.78, 5) is 0. The van der Waals surface area contributed by atoms with Gasteiger partial charge in [0.1, 0.15) is 17.1 Å². The maximum absolute atomic E-state index is 13.8. The van der Waals surface area contributed by atoms with E-state index in [4.69, 9.17) is 0 Å². The second kappa shape index (κ2) is 8.25. The van der Waals surface area contributed by atoms with E-state index in [2.05, 4.69) is 36.1 Å². The molecule has 0 amide bonds. The molecule has 0 radical (unpaired) electrons. The van der Waals surface area contributed by atoms with Crippen LogP contribution in [0.3, 0.4) is 0 Å². The minimum absolute atomic E-state index is 0.284. The Morgan fingerprint density at radius 3 is 2.39 bits per heavy atom. The molecule has 0 unspecified atom stereocenters. The van der Waals surface area contributed by atoms with Crippen molar-refractivity contribution in [2.45, 2.75) is 26.1 Å². The maximum Gasteiger partial charge on any atom is 0.573 e. The van der Waals surface area contributed by atoms with Crippen molar-refractivity contribution in [1.29, 1.82) is 0 Å². The van der Waals surface area contributed by atoms with Gasteiger partial charge in [-0.15, -0.1) is 18.3 Å². The summed E-state index contributed by atoms with van der Waals surface area (Å²) in [6.07, 6.45) is -3.32. The molecule has 33 heavy (non-hydrogen) atoms. The largest absolute Gasteiger partial charge is 0.573 e. The minimum atomic E-state index is -4.82. The van der Waals surface area contributed by atoms with Crippen LogP contribution < -0.4 is 4.74 Å². The topological polar surface area (TPSA) is 57.8 Å². The summed E-state index contributed by atoms with van der Waals surface area (Å²) >= 11 is 3.38. The van der Waals surface area contributed by atoms with Crippen LogP contribution >= 0.6 is 15.9 Å². The molecule has 0 aliphatic carbocycles. The Morgan fingerprint density at radius 2 is 1.73 bits per heavy atom.